The molecular weight excluding hydrogens is 444 g/mol. The molecular formula is C19H20ClF2N9O. The van der Waals surface area contributed by atoms with Gasteiger partial charge in [0.05, 0.1) is 23.9 Å². The van der Waals surface area contributed by atoms with E-state index in [1.807, 2.05) is 26.2 Å². The zero-order chi connectivity index (χ0) is 22.5. The quantitative estimate of drug-likeness (QED) is 0.460. The molecule has 0 unspecified atom stereocenters. The van der Waals surface area contributed by atoms with Crippen molar-refractivity contribution in [3.63, 3.8) is 0 Å². The predicted octanol–water partition coefficient (Wildman–Crippen LogP) is 3.65. The second-order valence-corrected chi connectivity index (χ2v) is 8.05. The monoisotopic (exact) mass is 463 g/mol. The number of rotatable bonds is 1. The van der Waals surface area contributed by atoms with Crippen molar-refractivity contribution in [1.29, 1.82) is 0 Å². The third kappa shape index (κ3) is 4.09. The first-order valence-electron chi connectivity index (χ1n) is 10.1. The first-order valence-corrected chi connectivity index (χ1v) is 10.4. The van der Waals surface area contributed by atoms with Gasteiger partial charge in [-0.1, -0.05) is 11.6 Å². The van der Waals surface area contributed by atoms with E-state index in [0.717, 1.165) is 23.3 Å². The van der Waals surface area contributed by atoms with Gasteiger partial charge in [0.25, 0.3) is 5.88 Å². The normalized spacial score (nSPS) is 16.4. The van der Waals surface area contributed by atoms with E-state index in [0.29, 0.717) is 41.5 Å². The number of halogens is 3. The van der Waals surface area contributed by atoms with Crippen LogP contribution in [-0.2, 0) is 13.6 Å². The van der Waals surface area contributed by atoms with Crippen molar-refractivity contribution in [3.05, 3.63) is 29.3 Å². The molecule has 4 aromatic rings. The minimum absolute atomic E-state index is 0.118. The summed E-state index contributed by atoms with van der Waals surface area (Å²) in [5.41, 5.74) is 2.27. The fourth-order valence-electron chi connectivity index (χ4n) is 3.22. The molecule has 0 saturated heterocycles. The molecule has 1 aliphatic heterocycles. The van der Waals surface area contributed by atoms with Crippen LogP contribution in [0.2, 0.25) is 5.15 Å². The van der Waals surface area contributed by atoms with Crippen molar-refractivity contribution in [2.75, 3.05) is 11.9 Å². The number of fused-ring (bicyclic) bond motifs is 2. The van der Waals surface area contributed by atoms with Gasteiger partial charge in [0.15, 0.2) is 16.6 Å². The van der Waals surface area contributed by atoms with Crippen LogP contribution in [0.3, 0.4) is 0 Å². The summed E-state index contributed by atoms with van der Waals surface area (Å²) in [6, 6.07) is 1.95. The molecule has 1 aliphatic carbocycles. The molecule has 168 valence electrons. The topological polar surface area (TPSA) is 101 Å². The van der Waals surface area contributed by atoms with Crippen molar-refractivity contribution < 1.29 is 13.5 Å². The Morgan fingerprint density at radius 3 is 2.69 bits per heavy atom. The van der Waals surface area contributed by atoms with Gasteiger partial charge in [-0.05, 0) is 6.92 Å². The number of hydrogen-bond donors (Lipinski definition) is 1. The zero-order valence-electron chi connectivity index (χ0n) is 17.4. The fourth-order valence-corrected chi connectivity index (χ4v) is 3.44. The van der Waals surface area contributed by atoms with Gasteiger partial charge in [-0.2, -0.15) is 15.2 Å². The highest BCUT2D eigenvalue weighted by Gasteiger charge is 2.43. The molecule has 2 aliphatic rings. The van der Waals surface area contributed by atoms with Gasteiger partial charge in [0.2, 0.25) is 11.9 Å². The highest BCUT2D eigenvalue weighted by atomic mass is 35.5. The third-order valence-corrected chi connectivity index (χ3v) is 5.24. The van der Waals surface area contributed by atoms with Crippen molar-refractivity contribution in [3.8, 4) is 11.7 Å². The molecule has 0 atom stereocenters. The zero-order valence-corrected chi connectivity index (χ0v) is 18.1. The molecule has 1 saturated carbocycles. The van der Waals surface area contributed by atoms with Crippen LogP contribution in [0.15, 0.2) is 18.5 Å². The second-order valence-electron chi connectivity index (χ2n) is 7.69. The van der Waals surface area contributed by atoms with Crippen LogP contribution in [0, 0.1) is 6.92 Å². The molecule has 10 nitrogen and oxygen atoms in total. The Kier molecular flexibility index (Phi) is 4.96. The Bertz CT molecular complexity index is 1290. The molecule has 2 bridgehead atoms. The van der Waals surface area contributed by atoms with Crippen molar-refractivity contribution in [2.24, 2.45) is 7.05 Å². The van der Waals surface area contributed by atoms with E-state index >= 15 is 0 Å². The van der Waals surface area contributed by atoms with Crippen LogP contribution < -0.4 is 10.1 Å². The average Bonchev–Trinajstić information content (AvgIpc) is 3.04. The summed E-state index contributed by atoms with van der Waals surface area (Å²) in [7, 11) is 1.87. The fraction of sp³-hybridized carbons (Fsp3) is 0.421. The Morgan fingerprint density at radius 1 is 1.22 bits per heavy atom. The van der Waals surface area contributed by atoms with Gasteiger partial charge in [0, 0.05) is 45.1 Å². The van der Waals surface area contributed by atoms with Crippen molar-refractivity contribution >= 4 is 34.3 Å². The molecule has 0 aromatic carbocycles. The molecule has 0 amide bonds. The van der Waals surface area contributed by atoms with Gasteiger partial charge < -0.3 is 10.1 Å². The number of hydrogen-bond acceptors (Lipinski definition) is 7. The number of ether oxygens (including phenoxy) is 1. The maximum absolute atomic E-state index is 11.1. The van der Waals surface area contributed by atoms with Gasteiger partial charge in [0.1, 0.15) is 5.69 Å². The summed E-state index contributed by atoms with van der Waals surface area (Å²) in [6.45, 7) is 3.06. The second kappa shape index (κ2) is 7.69. The number of alkyl halides is 2. The lowest BCUT2D eigenvalue weighted by Gasteiger charge is -2.05. The summed E-state index contributed by atoms with van der Waals surface area (Å²) in [4.78, 5) is 8.91. The van der Waals surface area contributed by atoms with Crippen LogP contribution in [0.4, 0.5) is 20.4 Å². The maximum atomic E-state index is 11.1. The lowest BCUT2D eigenvalue weighted by Crippen LogP contribution is -2.07. The number of aromatic nitrogens is 8. The van der Waals surface area contributed by atoms with Crippen LogP contribution in [0.25, 0.3) is 16.9 Å². The Morgan fingerprint density at radius 2 is 2.00 bits per heavy atom. The summed E-state index contributed by atoms with van der Waals surface area (Å²) < 4.78 is 33.4. The Balaban J connectivity index is 0.000000383. The highest BCUT2D eigenvalue weighted by Crippen LogP contribution is 2.40. The summed E-state index contributed by atoms with van der Waals surface area (Å²) in [5.74, 6) is -0.512. The Hall–Kier alpha value is -3.28. The van der Waals surface area contributed by atoms with Crippen LogP contribution in [0.5, 0.6) is 5.88 Å². The molecule has 0 spiro atoms. The Labute approximate surface area is 186 Å². The number of aryl methyl sites for hydroxylation is 3. The lowest BCUT2D eigenvalue weighted by atomic mass is 10.4. The largest absolute Gasteiger partial charge is 0.475 e. The van der Waals surface area contributed by atoms with E-state index in [1.165, 1.54) is 0 Å². The van der Waals surface area contributed by atoms with E-state index in [4.69, 9.17) is 16.3 Å². The molecule has 13 heteroatoms. The third-order valence-electron chi connectivity index (χ3n) is 4.96. The summed E-state index contributed by atoms with van der Waals surface area (Å²) in [6.07, 6.45) is 4.48. The highest BCUT2D eigenvalue weighted by molar-refractivity contribution is 6.34. The first-order chi connectivity index (χ1) is 15.3. The van der Waals surface area contributed by atoms with Crippen molar-refractivity contribution in [1.82, 2.24) is 39.3 Å². The van der Waals surface area contributed by atoms with E-state index in [1.54, 1.807) is 20.2 Å². The minimum Gasteiger partial charge on any atom is -0.475 e. The average molecular weight is 464 g/mol. The molecule has 4 aromatic heterocycles. The van der Waals surface area contributed by atoms with Gasteiger partial charge in [-0.25, -0.2) is 23.1 Å². The standard InChI is InChI=1S/C16H16ClN9O.C3H4F2/c1-9-6-12(24(2)21-9)26-8-11-15(23-26)27-5-3-4-25-14-10(13(17)22-25)7-18-16(19-11)20-14;4-3(5)1-2-3/h6-8H,3-5H2,1-2H3,(H,18,19,20);1-2H2. The minimum atomic E-state index is -2.25. The van der Waals surface area contributed by atoms with Gasteiger partial charge in [-0.15, -0.1) is 5.10 Å². The van der Waals surface area contributed by atoms with Crippen LogP contribution in [0.1, 0.15) is 25.0 Å². The first kappa shape index (κ1) is 20.6. The molecule has 32 heavy (non-hydrogen) atoms. The number of nitrogens with zero attached hydrogens (tertiary/aromatic N) is 8. The predicted molar refractivity (Wildman–Crippen MR) is 113 cm³/mol. The van der Waals surface area contributed by atoms with Crippen molar-refractivity contribution in [2.45, 2.75) is 38.7 Å². The number of anilines is 2. The van der Waals surface area contributed by atoms with Crippen LogP contribution in [-0.4, -0.2) is 51.8 Å². The SMILES string of the molecule is Cc1cc(-n2cc3c(n2)OCCCn2nc(Cl)c4cnc(nc42)N3)n(C)n1.FC1(F)CC1. The summed E-state index contributed by atoms with van der Waals surface area (Å²) in [5, 5.41) is 17.6. The van der Waals surface area contributed by atoms with Gasteiger partial charge >= 0.3 is 0 Å². The van der Waals surface area contributed by atoms with E-state index in [2.05, 4.69) is 30.6 Å². The maximum Gasteiger partial charge on any atom is 0.257 e. The molecule has 1 N–H and O–H groups in total. The molecule has 6 rings (SSSR count). The summed E-state index contributed by atoms with van der Waals surface area (Å²) >= 11 is 6.18. The lowest BCUT2D eigenvalue weighted by molar-refractivity contribution is 0.120. The van der Waals surface area contributed by atoms with Gasteiger partial charge in [-0.3, -0.25) is 4.68 Å². The molecule has 0 radical (unpaired) electrons. The van der Waals surface area contributed by atoms with E-state index in [9.17, 15) is 8.78 Å². The molecule has 5 heterocycles. The smallest absolute Gasteiger partial charge is 0.257 e. The van der Waals surface area contributed by atoms with E-state index in [-0.39, 0.29) is 12.8 Å². The molecule has 1 fully saturated rings. The van der Waals surface area contributed by atoms with E-state index < -0.39 is 5.92 Å². The van der Waals surface area contributed by atoms with Crippen LogP contribution >= 0.6 is 11.6 Å². The number of nitrogens with one attached hydrogen (secondary N) is 1.